The molecule has 20 heavy (non-hydrogen) atoms. The largest absolute Gasteiger partial charge is 0.496 e. The number of halogens is 1. The highest BCUT2D eigenvalue weighted by atomic mass is 79.9. The molecule has 0 unspecified atom stereocenters. The van der Waals surface area contributed by atoms with Crippen LogP contribution in [0.15, 0.2) is 22.8 Å². The summed E-state index contributed by atoms with van der Waals surface area (Å²) in [7, 11) is 3.47. The number of carboxylic acids is 1. The van der Waals surface area contributed by atoms with Gasteiger partial charge in [-0.15, -0.1) is 0 Å². The van der Waals surface area contributed by atoms with Crippen molar-refractivity contribution in [3.8, 4) is 17.1 Å². The number of aromatic nitrogens is 2. The molecule has 1 heterocycles. The Balaban J connectivity index is 2.47. The average Bonchev–Trinajstić information content (AvgIpc) is 2.66. The van der Waals surface area contributed by atoms with Crippen LogP contribution in [-0.2, 0) is 18.3 Å². The summed E-state index contributed by atoms with van der Waals surface area (Å²) in [6, 6.07) is 5.76. The molecule has 0 amide bonds. The number of hydrogen-bond acceptors (Lipinski definition) is 3. The van der Waals surface area contributed by atoms with Crippen LogP contribution in [0.4, 0.5) is 0 Å². The first-order valence-corrected chi connectivity index (χ1v) is 6.81. The number of hydrogen-bond donors (Lipinski definition) is 1. The van der Waals surface area contributed by atoms with E-state index in [1.54, 1.807) is 7.11 Å². The van der Waals surface area contributed by atoms with Gasteiger partial charge in [0.1, 0.15) is 16.2 Å². The minimum Gasteiger partial charge on any atom is -0.496 e. The van der Waals surface area contributed by atoms with Gasteiger partial charge in [0.25, 0.3) is 0 Å². The Morgan fingerprint density at radius 3 is 2.75 bits per heavy atom. The number of rotatable bonds is 4. The Morgan fingerprint density at radius 1 is 1.50 bits per heavy atom. The average molecular weight is 339 g/mol. The summed E-state index contributed by atoms with van der Waals surface area (Å²) in [4.78, 5) is 15.2. The molecular weight excluding hydrogens is 324 g/mol. The maximum absolute atomic E-state index is 10.8. The Kier molecular flexibility index (Phi) is 4.13. The van der Waals surface area contributed by atoms with Crippen LogP contribution < -0.4 is 4.74 Å². The molecule has 1 aromatic carbocycles. The highest BCUT2D eigenvalue weighted by Gasteiger charge is 2.16. The zero-order chi connectivity index (χ0) is 14.9. The fraction of sp³-hybridized carbons (Fsp3) is 0.286. The van der Waals surface area contributed by atoms with Gasteiger partial charge in [-0.2, -0.15) is 0 Å². The van der Waals surface area contributed by atoms with Crippen LogP contribution in [-0.4, -0.2) is 27.7 Å². The molecule has 0 aliphatic rings. The fourth-order valence-corrected chi connectivity index (χ4v) is 2.46. The van der Waals surface area contributed by atoms with Crippen molar-refractivity contribution in [1.29, 1.82) is 0 Å². The number of aryl methyl sites for hydroxylation is 1. The van der Waals surface area contributed by atoms with Gasteiger partial charge in [-0.3, -0.25) is 4.79 Å². The van der Waals surface area contributed by atoms with Crippen molar-refractivity contribution in [3.05, 3.63) is 34.1 Å². The van der Waals surface area contributed by atoms with E-state index in [1.165, 1.54) is 0 Å². The zero-order valence-electron chi connectivity index (χ0n) is 11.5. The Labute approximate surface area is 125 Å². The van der Waals surface area contributed by atoms with Gasteiger partial charge in [0.05, 0.1) is 19.2 Å². The molecule has 106 valence electrons. The van der Waals surface area contributed by atoms with Crippen LogP contribution in [0.3, 0.4) is 0 Å². The van der Waals surface area contributed by atoms with E-state index in [0.717, 1.165) is 22.7 Å². The second kappa shape index (κ2) is 5.66. The van der Waals surface area contributed by atoms with Gasteiger partial charge in [-0.25, -0.2) is 4.98 Å². The first-order chi connectivity index (χ1) is 9.43. The molecule has 0 bridgehead atoms. The van der Waals surface area contributed by atoms with Gasteiger partial charge in [0.15, 0.2) is 0 Å². The first-order valence-electron chi connectivity index (χ1n) is 6.02. The van der Waals surface area contributed by atoms with E-state index in [2.05, 4.69) is 20.9 Å². The van der Waals surface area contributed by atoms with E-state index in [1.807, 2.05) is 36.7 Å². The lowest BCUT2D eigenvalue weighted by atomic mass is 10.1. The number of carboxylic acid groups (broad SMARTS) is 1. The monoisotopic (exact) mass is 338 g/mol. The molecule has 0 radical (unpaired) electrons. The standard InChI is InChI=1S/C14H15BrN2O3/c1-8-6-9(4-5-11(8)20-3)14-16-10(7-12(18)19)13(15)17(14)2/h4-6H,7H2,1-3H3,(H,18,19). The molecule has 0 aliphatic heterocycles. The molecule has 0 saturated carbocycles. The van der Waals surface area contributed by atoms with Crippen molar-refractivity contribution >= 4 is 21.9 Å². The van der Waals surface area contributed by atoms with Crippen LogP contribution in [0.2, 0.25) is 0 Å². The van der Waals surface area contributed by atoms with Gasteiger partial charge < -0.3 is 14.4 Å². The summed E-state index contributed by atoms with van der Waals surface area (Å²) in [5, 5.41) is 8.89. The molecule has 0 spiro atoms. The summed E-state index contributed by atoms with van der Waals surface area (Å²) in [6.45, 7) is 1.96. The highest BCUT2D eigenvalue weighted by Crippen LogP contribution is 2.28. The van der Waals surface area contributed by atoms with E-state index >= 15 is 0 Å². The first kappa shape index (κ1) is 14.6. The summed E-state index contributed by atoms with van der Waals surface area (Å²) < 4.78 is 7.75. The topological polar surface area (TPSA) is 64.3 Å². The second-order valence-corrected chi connectivity index (χ2v) is 5.24. The lowest BCUT2D eigenvalue weighted by Gasteiger charge is -2.07. The molecule has 1 N–H and O–H groups in total. The number of aliphatic carboxylic acids is 1. The predicted molar refractivity (Wildman–Crippen MR) is 79.0 cm³/mol. The van der Waals surface area contributed by atoms with E-state index in [9.17, 15) is 4.79 Å². The minimum absolute atomic E-state index is 0.108. The molecule has 2 aromatic rings. The smallest absolute Gasteiger partial charge is 0.309 e. The maximum atomic E-state index is 10.8. The zero-order valence-corrected chi connectivity index (χ0v) is 13.1. The van der Waals surface area contributed by atoms with E-state index in [0.29, 0.717) is 10.3 Å². The molecule has 0 atom stereocenters. The Hall–Kier alpha value is -1.82. The van der Waals surface area contributed by atoms with Crippen molar-refractivity contribution < 1.29 is 14.6 Å². The molecular formula is C14H15BrN2O3. The van der Waals surface area contributed by atoms with Crippen LogP contribution in [0.25, 0.3) is 11.4 Å². The van der Waals surface area contributed by atoms with Crippen molar-refractivity contribution in [1.82, 2.24) is 9.55 Å². The predicted octanol–water partition coefficient (Wildman–Crippen LogP) is 2.79. The third-order valence-electron chi connectivity index (χ3n) is 3.06. The summed E-state index contributed by atoms with van der Waals surface area (Å²) in [5.74, 6) is 0.632. The SMILES string of the molecule is COc1ccc(-c2nc(CC(=O)O)c(Br)n2C)cc1C. The molecule has 2 rings (SSSR count). The number of nitrogens with zero attached hydrogens (tertiary/aromatic N) is 2. The van der Waals surface area contributed by atoms with Gasteiger partial charge in [-0.1, -0.05) is 0 Å². The third-order valence-corrected chi connectivity index (χ3v) is 4.05. The molecule has 0 saturated heterocycles. The summed E-state index contributed by atoms with van der Waals surface area (Å²) >= 11 is 3.39. The molecule has 6 heteroatoms. The van der Waals surface area contributed by atoms with Crippen molar-refractivity contribution in [3.63, 3.8) is 0 Å². The minimum atomic E-state index is -0.902. The van der Waals surface area contributed by atoms with E-state index in [-0.39, 0.29) is 6.42 Å². The van der Waals surface area contributed by atoms with Crippen LogP contribution in [0, 0.1) is 6.92 Å². The number of methoxy groups -OCH3 is 1. The lowest BCUT2D eigenvalue weighted by molar-refractivity contribution is -0.136. The van der Waals surface area contributed by atoms with E-state index < -0.39 is 5.97 Å². The quantitative estimate of drug-likeness (QED) is 0.930. The summed E-state index contributed by atoms with van der Waals surface area (Å²) in [6.07, 6.45) is -0.108. The van der Waals surface area contributed by atoms with E-state index in [4.69, 9.17) is 9.84 Å². The molecule has 0 fully saturated rings. The summed E-state index contributed by atoms with van der Waals surface area (Å²) in [5.41, 5.74) is 2.44. The molecule has 1 aromatic heterocycles. The van der Waals surface area contributed by atoms with Gasteiger partial charge in [0, 0.05) is 12.6 Å². The third kappa shape index (κ3) is 2.70. The number of carbonyl (C=O) groups is 1. The Bertz CT molecular complexity index is 665. The Morgan fingerprint density at radius 2 is 2.20 bits per heavy atom. The number of imidazole rings is 1. The fourth-order valence-electron chi connectivity index (χ4n) is 2.07. The van der Waals surface area contributed by atoms with Gasteiger partial charge >= 0.3 is 5.97 Å². The van der Waals surface area contributed by atoms with Crippen LogP contribution >= 0.6 is 15.9 Å². The van der Waals surface area contributed by atoms with Crippen LogP contribution in [0.1, 0.15) is 11.3 Å². The van der Waals surface area contributed by atoms with Crippen molar-refractivity contribution in [2.75, 3.05) is 7.11 Å². The highest BCUT2D eigenvalue weighted by molar-refractivity contribution is 9.10. The molecule has 5 nitrogen and oxygen atoms in total. The molecule has 0 aliphatic carbocycles. The normalized spacial score (nSPS) is 10.6. The maximum Gasteiger partial charge on any atom is 0.309 e. The van der Waals surface area contributed by atoms with Crippen molar-refractivity contribution in [2.24, 2.45) is 7.05 Å². The van der Waals surface area contributed by atoms with Crippen LogP contribution in [0.5, 0.6) is 5.75 Å². The second-order valence-electron chi connectivity index (χ2n) is 4.49. The number of ether oxygens (including phenoxy) is 1. The van der Waals surface area contributed by atoms with Gasteiger partial charge in [0.2, 0.25) is 0 Å². The van der Waals surface area contributed by atoms with Gasteiger partial charge in [-0.05, 0) is 46.6 Å². The lowest BCUT2D eigenvalue weighted by Crippen LogP contribution is -2.01. The van der Waals surface area contributed by atoms with Crippen molar-refractivity contribution in [2.45, 2.75) is 13.3 Å². The number of benzene rings is 1.